The van der Waals surface area contributed by atoms with Crippen molar-refractivity contribution in [3.8, 4) is 0 Å². The number of benzene rings is 1. The molecule has 0 aromatic heterocycles. The van der Waals surface area contributed by atoms with E-state index in [4.69, 9.17) is 0 Å². The Morgan fingerprint density at radius 2 is 1.91 bits per heavy atom. The van der Waals surface area contributed by atoms with Gasteiger partial charge >= 0.3 is 0 Å². The van der Waals surface area contributed by atoms with E-state index in [2.05, 4.69) is 10.2 Å². The van der Waals surface area contributed by atoms with E-state index >= 15 is 0 Å². The highest BCUT2D eigenvalue weighted by Gasteiger charge is 2.33. The molecule has 3 rings (SSSR count). The monoisotopic (exact) mass is 320 g/mol. The summed E-state index contributed by atoms with van der Waals surface area (Å²) in [5, 5.41) is 13.0. The molecular formula is C18H25FN2O2. The van der Waals surface area contributed by atoms with Crippen LogP contribution >= 0.6 is 0 Å². The first-order valence-electron chi connectivity index (χ1n) is 8.62. The van der Waals surface area contributed by atoms with Crippen LogP contribution in [0.3, 0.4) is 0 Å². The van der Waals surface area contributed by atoms with Gasteiger partial charge in [-0.15, -0.1) is 0 Å². The van der Waals surface area contributed by atoms with Gasteiger partial charge in [-0.3, -0.25) is 9.69 Å². The third-order valence-corrected chi connectivity index (χ3v) is 5.16. The Morgan fingerprint density at radius 1 is 1.17 bits per heavy atom. The minimum Gasteiger partial charge on any atom is -0.391 e. The maximum Gasteiger partial charge on any atom is 0.227 e. The number of carbonyl (C=O) groups excluding carboxylic acids is 1. The lowest BCUT2D eigenvalue weighted by Gasteiger charge is -2.41. The number of amides is 1. The number of aliphatic hydroxyl groups is 1. The number of aliphatic hydroxyl groups excluding tert-OH is 1. The average Bonchev–Trinajstić information content (AvgIpc) is 2.55. The molecule has 1 saturated carbocycles. The number of anilines is 1. The standard InChI is InChI=1S/C18H25FN2O2/c19-14-4-3-5-15(12-14)20-18(23)13-8-10-21(11-9-13)16-6-1-2-7-17(16)22/h3-5,12-13,16-17,22H,1-2,6-11H2,(H,20,23)/t16-,17-/m0/s1. The van der Waals surface area contributed by atoms with Crippen molar-refractivity contribution in [3.63, 3.8) is 0 Å². The van der Waals surface area contributed by atoms with Crippen molar-refractivity contribution in [3.05, 3.63) is 30.1 Å². The van der Waals surface area contributed by atoms with Gasteiger partial charge in [-0.1, -0.05) is 18.9 Å². The van der Waals surface area contributed by atoms with Crippen LogP contribution in [0.5, 0.6) is 0 Å². The van der Waals surface area contributed by atoms with Gasteiger partial charge in [0.05, 0.1) is 6.10 Å². The maximum absolute atomic E-state index is 13.2. The zero-order valence-corrected chi connectivity index (χ0v) is 13.4. The molecule has 1 heterocycles. The van der Waals surface area contributed by atoms with Crippen LogP contribution in [0.25, 0.3) is 0 Å². The number of rotatable bonds is 3. The van der Waals surface area contributed by atoms with Crippen LogP contribution in [0.2, 0.25) is 0 Å². The lowest BCUT2D eigenvalue weighted by molar-refractivity contribution is -0.121. The van der Waals surface area contributed by atoms with Crippen molar-refractivity contribution >= 4 is 11.6 Å². The molecule has 4 nitrogen and oxygen atoms in total. The molecule has 23 heavy (non-hydrogen) atoms. The van der Waals surface area contributed by atoms with Crippen molar-refractivity contribution in [1.29, 1.82) is 0 Å². The highest BCUT2D eigenvalue weighted by molar-refractivity contribution is 5.92. The normalized spacial score (nSPS) is 26.9. The Labute approximate surface area is 136 Å². The first kappa shape index (κ1) is 16.4. The van der Waals surface area contributed by atoms with E-state index in [1.165, 1.54) is 18.6 Å². The molecule has 0 unspecified atom stereocenters. The number of nitrogens with zero attached hydrogens (tertiary/aromatic N) is 1. The molecule has 1 aliphatic heterocycles. The van der Waals surface area contributed by atoms with Crippen LogP contribution in [-0.4, -0.2) is 41.1 Å². The van der Waals surface area contributed by atoms with Crippen molar-refractivity contribution < 1.29 is 14.3 Å². The number of halogens is 1. The number of nitrogens with one attached hydrogen (secondary N) is 1. The molecule has 0 spiro atoms. The molecule has 2 atom stereocenters. The largest absolute Gasteiger partial charge is 0.391 e. The molecule has 2 fully saturated rings. The summed E-state index contributed by atoms with van der Waals surface area (Å²) >= 11 is 0. The van der Waals surface area contributed by atoms with Gasteiger partial charge in [0.15, 0.2) is 0 Å². The third-order valence-electron chi connectivity index (χ3n) is 5.16. The predicted octanol–water partition coefficient (Wildman–Crippen LogP) is 2.78. The second-order valence-electron chi connectivity index (χ2n) is 6.73. The Kier molecular flexibility index (Phi) is 5.28. The number of likely N-dealkylation sites (tertiary alicyclic amines) is 1. The van der Waals surface area contributed by atoms with Gasteiger partial charge in [-0.05, 0) is 57.0 Å². The van der Waals surface area contributed by atoms with E-state index < -0.39 is 0 Å². The van der Waals surface area contributed by atoms with Gasteiger partial charge in [0.2, 0.25) is 5.91 Å². The van der Waals surface area contributed by atoms with E-state index in [9.17, 15) is 14.3 Å². The lowest BCUT2D eigenvalue weighted by atomic mass is 9.88. The zero-order valence-electron chi connectivity index (χ0n) is 13.4. The minimum atomic E-state index is -0.344. The molecule has 1 aromatic carbocycles. The van der Waals surface area contributed by atoms with E-state index in [0.29, 0.717) is 5.69 Å². The molecule has 126 valence electrons. The van der Waals surface area contributed by atoms with Crippen molar-refractivity contribution in [2.75, 3.05) is 18.4 Å². The fourth-order valence-electron chi connectivity index (χ4n) is 3.82. The molecule has 1 saturated heterocycles. The van der Waals surface area contributed by atoms with Gasteiger partial charge in [0, 0.05) is 17.6 Å². The zero-order chi connectivity index (χ0) is 16.2. The number of piperidine rings is 1. The SMILES string of the molecule is O=C(Nc1cccc(F)c1)C1CCN([C@H]2CCCC[C@@H]2O)CC1. The summed E-state index contributed by atoms with van der Waals surface area (Å²) in [7, 11) is 0. The van der Waals surface area contributed by atoms with Crippen molar-refractivity contribution in [1.82, 2.24) is 4.90 Å². The Hall–Kier alpha value is -1.46. The molecule has 0 radical (unpaired) electrons. The minimum absolute atomic E-state index is 0.0283. The van der Waals surface area contributed by atoms with Crippen molar-refractivity contribution in [2.45, 2.75) is 50.7 Å². The number of carbonyl (C=O) groups is 1. The fourth-order valence-corrected chi connectivity index (χ4v) is 3.82. The quantitative estimate of drug-likeness (QED) is 0.900. The first-order valence-corrected chi connectivity index (χ1v) is 8.62. The van der Waals surface area contributed by atoms with Crippen molar-refractivity contribution in [2.24, 2.45) is 5.92 Å². The number of hydrogen-bond acceptors (Lipinski definition) is 3. The molecule has 2 N–H and O–H groups in total. The summed E-state index contributed by atoms with van der Waals surface area (Å²) in [4.78, 5) is 14.7. The van der Waals surface area contributed by atoms with Gasteiger partial charge in [-0.25, -0.2) is 4.39 Å². The van der Waals surface area contributed by atoms with E-state index in [1.807, 2.05) is 0 Å². The molecule has 5 heteroatoms. The maximum atomic E-state index is 13.2. The fraction of sp³-hybridized carbons (Fsp3) is 0.611. The van der Waals surface area contributed by atoms with Crippen LogP contribution in [0.15, 0.2) is 24.3 Å². The highest BCUT2D eigenvalue weighted by Crippen LogP contribution is 2.28. The molecular weight excluding hydrogens is 295 g/mol. The Bertz CT molecular complexity index is 544. The molecule has 1 aromatic rings. The van der Waals surface area contributed by atoms with Crippen LogP contribution in [-0.2, 0) is 4.79 Å². The molecule has 2 aliphatic rings. The summed E-state index contributed by atoms with van der Waals surface area (Å²) in [6.07, 6.45) is 5.62. The molecule has 0 bridgehead atoms. The summed E-state index contributed by atoms with van der Waals surface area (Å²) in [6.45, 7) is 1.70. The van der Waals surface area contributed by atoms with Gasteiger partial charge in [0.1, 0.15) is 5.82 Å². The molecule has 1 aliphatic carbocycles. The number of hydrogen-bond donors (Lipinski definition) is 2. The average molecular weight is 320 g/mol. The summed E-state index contributed by atoms with van der Waals surface area (Å²) in [5.41, 5.74) is 0.514. The summed E-state index contributed by atoms with van der Waals surface area (Å²) < 4.78 is 13.2. The lowest BCUT2D eigenvalue weighted by Crippen LogP contribution is -2.49. The van der Waals surface area contributed by atoms with E-state index in [1.54, 1.807) is 12.1 Å². The van der Waals surface area contributed by atoms with Gasteiger partial charge < -0.3 is 10.4 Å². The van der Waals surface area contributed by atoms with Gasteiger partial charge in [-0.2, -0.15) is 0 Å². The second-order valence-corrected chi connectivity index (χ2v) is 6.73. The van der Waals surface area contributed by atoms with E-state index in [-0.39, 0.29) is 29.8 Å². The first-order chi connectivity index (χ1) is 11.1. The Balaban J connectivity index is 1.51. The summed E-state index contributed by atoms with van der Waals surface area (Å²) in [5.74, 6) is -0.404. The second kappa shape index (κ2) is 7.41. The van der Waals surface area contributed by atoms with Crippen LogP contribution in [0, 0.1) is 11.7 Å². The van der Waals surface area contributed by atoms with E-state index in [0.717, 1.165) is 45.2 Å². The Morgan fingerprint density at radius 3 is 2.61 bits per heavy atom. The highest BCUT2D eigenvalue weighted by atomic mass is 19.1. The predicted molar refractivity (Wildman–Crippen MR) is 87.6 cm³/mol. The summed E-state index contributed by atoms with van der Waals surface area (Å²) in [6, 6.07) is 6.26. The topological polar surface area (TPSA) is 52.6 Å². The van der Waals surface area contributed by atoms with Crippen LogP contribution in [0.1, 0.15) is 38.5 Å². The molecule has 1 amide bonds. The van der Waals surface area contributed by atoms with Gasteiger partial charge in [0.25, 0.3) is 0 Å². The smallest absolute Gasteiger partial charge is 0.227 e. The third kappa shape index (κ3) is 4.09. The van der Waals surface area contributed by atoms with Crippen LogP contribution in [0.4, 0.5) is 10.1 Å². The van der Waals surface area contributed by atoms with Crippen LogP contribution < -0.4 is 5.32 Å².